The number of alkyl halides is 3. The van der Waals surface area contributed by atoms with Gasteiger partial charge in [0.1, 0.15) is 18.1 Å². The summed E-state index contributed by atoms with van der Waals surface area (Å²) in [5.41, 5.74) is 3.29. The van der Waals surface area contributed by atoms with Crippen molar-refractivity contribution in [2.75, 3.05) is 6.61 Å². The zero-order valence-corrected chi connectivity index (χ0v) is 21.5. The number of primary amides is 1. The lowest BCUT2D eigenvalue weighted by Gasteiger charge is -2.17. The normalized spacial score (nSPS) is 11.7. The number of carbonyl (C=O) groups excluding carboxylic acids is 2. The maximum atomic E-state index is 14.5. The van der Waals surface area contributed by atoms with Crippen molar-refractivity contribution in [1.82, 2.24) is 4.98 Å². The van der Waals surface area contributed by atoms with Gasteiger partial charge in [0.25, 0.3) is 0 Å². The summed E-state index contributed by atoms with van der Waals surface area (Å²) in [6, 6.07) is 6.00. The van der Waals surface area contributed by atoms with Crippen molar-refractivity contribution in [2.24, 2.45) is 5.73 Å². The number of ether oxygens (including phenoxy) is 2. The van der Waals surface area contributed by atoms with Gasteiger partial charge in [-0.15, -0.1) is 0 Å². The van der Waals surface area contributed by atoms with E-state index in [1.165, 1.54) is 19.1 Å². The fourth-order valence-corrected chi connectivity index (χ4v) is 3.42. The van der Waals surface area contributed by atoms with Gasteiger partial charge in [-0.1, -0.05) is 12.1 Å². The Kier molecular flexibility index (Phi) is 11.0. The zero-order chi connectivity index (χ0) is 29.3. The summed E-state index contributed by atoms with van der Waals surface area (Å²) in [5.74, 6) is -4.61. The Morgan fingerprint density at radius 3 is 2.33 bits per heavy atom. The Morgan fingerprint density at radius 2 is 1.77 bits per heavy atom. The van der Waals surface area contributed by atoms with Crippen LogP contribution in [0.2, 0.25) is 0 Å². The Morgan fingerprint density at radius 1 is 1.15 bits per heavy atom. The first-order valence-electron chi connectivity index (χ1n) is 10.8. The summed E-state index contributed by atoms with van der Waals surface area (Å²) in [5, 5.41) is 8.70. The molecule has 2 aromatic carbocycles. The molecule has 210 valence electrons. The molecule has 0 bridgehead atoms. The molecule has 0 aliphatic heterocycles. The number of nitrogens with two attached hydrogens (primary N) is 1. The van der Waals surface area contributed by atoms with E-state index in [4.69, 9.17) is 23.8 Å². The number of aliphatic carboxylic acids is 1. The largest absolute Gasteiger partial charge is 0.481 e. The molecule has 0 radical (unpaired) electrons. The highest BCUT2D eigenvalue weighted by Crippen LogP contribution is 2.35. The van der Waals surface area contributed by atoms with E-state index in [1.54, 1.807) is 0 Å². The number of carbonyl (C=O) groups is 3. The van der Waals surface area contributed by atoms with Crippen molar-refractivity contribution in [3.63, 3.8) is 0 Å². The van der Waals surface area contributed by atoms with E-state index in [9.17, 15) is 31.5 Å². The number of carboxylic acid groups (broad SMARTS) is 1. The van der Waals surface area contributed by atoms with Crippen LogP contribution in [-0.4, -0.2) is 35.0 Å². The van der Waals surface area contributed by atoms with Crippen LogP contribution < -0.4 is 10.5 Å². The topological polar surface area (TPSA) is 142 Å². The maximum absolute atomic E-state index is 14.5. The molecule has 39 heavy (non-hydrogen) atoms. The average molecular weight is 623 g/mol. The standard InChI is InChI=1S/C23H17BrF5NO6.CH3NO/c1-11-14(25)6-7-15(19(11)26)35-16(10-34-18(33)9-8-17(31)32)22-30-20(21(24)36-22)12-2-4-13(5-3-12)23(27,28)29;2-1-3/h2-7,16H,8-10H2,1H3,(H,31,32);1H,(H2,2,3). The summed E-state index contributed by atoms with van der Waals surface area (Å²) >= 11 is 3.12. The van der Waals surface area contributed by atoms with E-state index in [0.717, 1.165) is 24.3 Å². The SMILES string of the molecule is Cc1c(F)ccc(OC(COC(=O)CCC(=O)O)c2nc(-c3ccc(C(F)(F)F)cc3)c(Br)o2)c1F.NC=O. The minimum absolute atomic E-state index is 0.00109. The molecule has 1 atom stereocenters. The van der Waals surface area contributed by atoms with Crippen molar-refractivity contribution < 1.29 is 55.3 Å². The number of oxazole rings is 1. The molecule has 1 unspecified atom stereocenters. The number of aromatic nitrogens is 1. The Hall–Kier alpha value is -4.01. The fraction of sp³-hybridized carbons (Fsp3) is 0.250. The van der Waals surface area contributed by atoms with E-state index in [0.29, 0.717) is 0 Å². The van der Waals surface area contributed by atoms with Crippen molar-refractivity contribution in [2.45, 2.75) is 32.0 Å². The van der Waals surface area contributed by atoms with Crippen LogP contribution in [0.25, 0.3) is 11.3 Å². The van der Waals surface area contributed by atoms with E-state index in [-0.39, 0.29) is 33.8 Å². The first-order valence-corrected chi connectivity index (χ1v) is 11.6. The number of halogens is 6. The fourth-order valence-electron chi connectivity index (χ4n) is 2.94. The number of hydrogen-bond donors (Lipinski definition) is 2. The number of carboxylic acids is 1. The lowest BCUT2D eigenvalue weighted by Crippen LogP contribution is -2.19. The minimum atomic E-state index is -4.54. The third-order valence-electron chi connectivity index (χ3n) is 4.86. The molecule has 1 aromatic heterocycles. The van der Waals surface area contributed by atoms with Gasteiger partial charge in [-0.25, -0.2) is 13.8 Å². The third kappa shape index (κ3) is 8.77. The van der Waals surface area contributed by atoms with Crippen LogP contribution in [0.3, 0.4) is 0 Å². The number of hydrogen-bond acceptors (Lipinski definition) is 7. The van der Waals surface area contributed by atoms with Gasteiger partial charge in [-0.2, -0.15) is 13.2 Å². The highest BCUT2D eigenvalue weighted by molar-refractivity contribution is 9.10. The quantitative estimate of drug-likeness (QED) is 0.185. The Balaban J connectivity index is 0.00000170. The molecule has 0 spiro atoms. The number of rotatable bonds is 9. The molecule has 3 N–H and O–H groups in total. The third-order valence-corrected chi connectivity index (χ3v) is 5.39. The Bertz CT molecular complexity index is 1310. The van der Waals surface area contributed by atoms with Crippen molar-refractivity contribution in [3.8, 4) is 17.0 Å². The van der Waals surface area contributed by atoms with Gasteiger partial charge in [0.2, 0.25) is 18.4 Å². The van der Waals surface area contributed by atoms with Crippen LogP contribution >= 0.6 is 15.9 Å². The summed E-state index contributed by atoms with van der Waals surface area (Å²) in [6.45, 7) is 0.594. The molecule has 3 rings (SSSR count). The molecule has 3 aromatic rings. The molecule has 15 heteroatoms. The van der Waals surface area contributed by atoms with Gasteiger partial charge < -0.3 is 24.7 Å². The molecule has 1 amide bonds. The first kappa shape index (κ1) is 31.2. The van der Waals surface area contributed by atoms with Gasteiger partial charge in [0, 0.05) is 11.1 Å². The zero-order valence-electron chi connectivity index (χ0n) is 19.9. The molecule has 0 aliphatic rings. The van der Waals surface area contributed by atoms with Crippen molar-refractivity contribution >= 4 is 34.3 Å². The molecular weight excluding hydrogens is 603 g/mol. The molecule has 0 fully saturated rings. The number of nitrogens with zero attached hydrogens (tertiary/aromatic N) is 1. The molecule has 0 saturated heterocycles. The molecule has 0 saturated carbocycles. The summed E-state index contributed by atoms with van der Waals surface area (Å²) in [7, 11) is 0. The van der Waals surface area contributed by atoms with Crippen molar-refractivity contribution in [3.05, 3.63) is 69.7 Å². The maximum Gasteiger partial charge on any atom is 0.416 e. The summed E-state index contributed by atoms with van der Waals surface area (Å²) in [4.78, 5) is 35.3. The van der Waals surface area contributed by atoms with E-state index in [1.807, 2.05) is 0 Å². The van der Waals surface area contributed by atoms with Gasteiger partial charge in [0.15, 0.2) is 16.2 Å². The van der Waals surface area contributed by atoms with E-state index in [2.05, 4.69) is 26.6 Å². The predicted molar refractivity (Wildman–Crippen MR) is 127 cm³/mol. The average Bonchev–Trinajstić information content (AvgIpc) is 3.26. The molecular formula is C24H20BrF5N2O7. The highest BCUT2D eigenvalue weighted by atomic mass is 79.9. The number of benzene rings is 2. The van der Waals surface area contributed by atoms with Crippen LogP contribution in [-0.2, 0) is 25.3 Å². The number of amides is 1. The Labute approximate surface area is 225 Å². The monoisotopic (exact) mass is 622 g/mol. The van der Waals surface area contributed by atoms with Gasteiger partial charge in [-0.3, -0.25) is 14.4 Å². The first-order chi connectivity index (χ1) is 18.3. The smallest absolute Gasteiger partial charge is 0.416 e. The minimum Gasteiger partial charge on any atom is -0.481 e. The lowest BCUT2D eigenvalue weighted by atomic mass is 10.1. The van der Waals surface area contributed by atoms with E-state index < -0.39 is 66.6 Å². The van der Waals surface area contributed by atoms with Crippen LogP contribution in [0.4, 0.5) is 22.0 Å². The van der Waals surface area contributed by atoms with Gasteiger partial charge >= 0.3 is 18.1 Å². The molecule has 1 heterocycles. The van der Waals surface area contributed by atoms with Crippen molar-refractivity contribution in [1.29, 1.82) is 0 Å². The second-order valence-electron chi connectivity index (χ2n) is 7.55. The van der Waals surface area contributed by atoms with Crippen LogP contribution in [0.1, 0.15) is 36.0 Å². The number of esters is 1. The second kappa shape index (κ2) is 13.7. The summed E-state index contributed by atoms with van der Waals surface area (Å²) in [6.07, 6.45) is -6.60. The molecule has 0 aliphatic carbocycles. The molecule has 9 nitrogen and oxygen atoms in total. The van der Waals surface area contributed by atoms with Crippen LogP contribution in [0, 0.1) is 18.6 Å². The second-order valence-corrected chi connectivity index (χ2v) is 8.27. The van der Waals surface area contributed by atoms with Gasteiger partial charge in [-0.05, 0) is 47.1 Å². The summed E-state index contributed by atoms with van der Waals surface area (Å²) < 4.78 is 82.9. The lowest BCUT2D eigenvalue weighted by molar-refractivity contribution is -0.150. The van der Waals surface area contributed by atoms with E-state index >= 15 is 0 Å². The van der Waals surface area contributed by atoms with Crippen LogP contribution in [0.15, 0.2) is 45.5 Å². The van der Waals surface area contributed by atoms with Gasteiger partial charge in [0.05, 0.1) is 18.4 Å². The predicted octanol–water partition coefficient (Wildman–Crippen LogP) is 5.34. The highest BCUT2D eigenvalue weighted by Gasteiger charge is 2.31. The van der Waals surface area contributed by atoms with Crippen LogP contribution in [0.5, 0.6) is 5.75 Å².